The second-order valence-corrected chi connectivity index (χ2v) is 1.67. The quantitative estimate of drug-likeness (QED) is 0.452. The Morgan fingerprint density at radius 2 is 2.44 bits per heavy atom. The van der Waals surface area contributed by atoms with Crippen molar-refractivity contribution >= 4 is 18.6 Å². The molecule has 4 heteroatoms. The summed E-state index contributed by atoms with van der Waals surface area (Å²) in [5.41, 5.74) is 5.89. The van der Waals surface area contributed by atoms with E-state index < -0.39 is 0 Å². The normalized spacial score (nSPS) is 9.00. The molecule has 0 unspecified atom stereocenters. The molecular weight excluding hydrogens is 136 g/mol. The minimum atomic E-state index is 0.348. The summed E-state index contributed by atoms with van der Waals surface area (Å²) in [5, 5.41) is 0. The number of anilines is 1. The lowest BCUT2D eigenvalue weighted by Crippen LogP contribution is -1.89. The molecule has 1 rings (SSSR count). The van der Waals surface area contributed by atoms with E-state index in [1.807, 2.05) is 0 Å². The molecule has 0 saturated carbocycles. The number of hydrogen-bond donors (Lipinski definition) is 2. The van der Waals surface area contributed by atoms with Crippen molar-refractivity contribution in [3.63, 3.8) is 0 Å². The molecule has 0 aromatic carbocycles. The molecule has 9 heavy (non-hydrogen) atoms. The monoisotopic (exact) mass is 142 g/mol. The van der Waals surface area contributed by atoms with Crippen molar-refractivity contribution in [2.75, 3.05) is 5.73 Å². The molecule has 0 atom stereocenters. The van der Waals surface area contributed by atoms with Gasteiger partial charge in [-0.1, -0.05) is 0 Å². The number of nitrogen functional groups attached to an aromatic ring is 1. The molecular formula is C5H6N2OS. The Bertz CT molecular complexity index is 204. The third-order valence-electron chi connectivity index (χ3n) is 0.887. The van der Waals surface area contributed by atoms with Crippen LogP contribution < -0.4 is 9.92 Å². The van der Waals surface area contributed by atoms with E-state index >= 15 is 0 Å². The average Bonchev–Trinajstić information content (AvgIpc) is 1.89. The zero-order valence-electron chi connectivity index (χ0n) is 4.61. The van der Waals surface area contributed by atoms with E-state index in [9.17, 15) is 0 Å². The maximum absolute atomic E-state index is 5.39. The molecule has 2 N–H and O–H groups in total. The van der Waals surface area contributed by atoms with Gasteiger partial charge in [-0.05, 0) is 12.1 Å². The van der Waals surface area contributed by atoms with E-state index in [-0.39, 0.29) is 0 Å². The van der Waals surface area contributed by atoms with Crippen LogP contribution in [0.2, 0.25) is 0 Å². The molecule has 0 aliphatic rings. The van der Waals surface area contributed by atoms with Gasteiger partial charge in [-0.25, -0.2) is 4.98 Å². The van der Waals surface area contributed by atoms with Crippen molar-refractivity contribution < 1.29 is 4.18 Å². The van der Waals surface area contributed by atoms with Crippen LogP contribution in [0, 0.1) is 0 Å². The fourth-order valence-electron chi connectivity index (χ4n) is 0.480. The van der Waals surface area contributed by atoms with Gasteiger partial charge in [0, 0.05) is 19.1 Å². The van der Waals surface area contributed by atoms with E-state index in [1.165, 1.54) is 0 Å². The average molecular weight is 142 g/mol. The molecule has 48 valence electrons. The van der Waals surface area contributed by atoms with E-state index in [0.29, 0.717) is 11.6 Å². The summed E-state index contributed by atoms with van der Waals surface area (Å²) >= 11 is 3.54. The fourth-order valence-corrected chi connectivity index (χ4v) is 0.632. The highest BCUT2D eigenvalue weighted by atomic mass is 32.1. The van der Waals surface area contributed by atoms with E-state index in [1.54, 1.807) is 18.3 Å². The summed E-state index contributed by atoms with van der Waals surface area (Å²) in [4.78, 5) is 3.77. The van der Waals surface area contributed by atoms with Crippen LogP contribution in [0.5, 0.6) is 5.88 Å². The molecule has 0 aliphatic heterocycles. The van der Waals surface area contributed by atoms with Crippen molar-refractivity contribution in [1.29, 1.82) is 0 Å². The first-order valence-electron chi connectivity index (χ1n) is 2.36. The van der Waals surface area contributed by atoms with Crippen LogP contribution >= 0.6 is 12.9 Å². The Morgan fingerprint density at radius 1 is 1.67 bits per heavy atom. The number of thiol groups is 1. The van der Waals surface area contributed by atoms with Gasteiger partial charge in [0.15, 0.2) is 0 Å². The summed E-state index contributed by atoms with van der Waals surface area (Å²) in [6, 6.07) is 3.42. The number of hydrogen-bond acceptors (Lipinski definition) is 4. The third kappa shape index (κ3) is 1.26. The zero-order chi connectivity index (χ0) is 6.69. The van der Waals surface area contributed by atoms with E-state index in [2.05, 4.69) is 22.1 Å². The van der Waals surface area contributed by atoms with Crippen LogP contribution in [0.25, 0.3) is 0 Å². The Labute approximate surface area is 58.5 Å². The number of nitrogens with two attached hydrogens (primary N) is 1. The molecule has 0 amide bonds. The Morgan fingerprint density at radius 3 is 2.89 bits per heavy atom. The van der Waals surface area contributed by atoms with Crippen LogP contribution in [-0.2, 0) is 0 Å². The van der Waals surface area contributed by atoms with Gasteiger partial charge >= 0.3 is 0 Å². The van der Waals surface area contributed by atoms with Crippen LogP contribution in [0.4, 0.5) is 5.69 Å². The zero-order valence-corrected chi connectivity index (χ0v) is 5.51. The van der Waals surface area contributed by atoms with Gasteiger partial charge in [0.05, 0.1) is 5.69 Å². The van der Waals surface area contributed by atoms with Gasteiger partial charge in [0.1, 0.15) is 0 Å². The predicted octanol–water partition coefficient (Wildman–Crippen LogP) is 0.887. The maximum atomic E-state index is 5.39. The molecule has 1 heterocycles. The summed E-state index contributed by atoms with van der Waals surface area (Å²) in [6.45, 7) is 0. The third-order valence-corrected chi connectivity index (χ3v) is 1.06. The molecule has 0 spiro atoms. The Balaban J connectivity index is 3.01. The molecule has 0 saturated heterocycles. The summed E-state index contributed by atoms with van der Waals surface area (Å²) < 4.78 is 4.50. The molecule has 0 aliphatic carbocycles. The predicted molar refractivity (Wildman–Crippen MR) is 38.3 cm³/mol. The standard InChI is InChI=1S/C5H6N2OS/c6-4-2-1-3-7-5(4)8-9/h1-3,9H,6H2. The molecule has 0 bridgehead atoms. The lowest BCUT2D eigenvalue weighted by Gasteiger charge is -1.97. The van der Waals surface area contributed by atoms with E-state index in [4.69, 9.17) is 5.73 Å². The van der Waals surface area contributed by atoms with Gasteiger partial charge in [-0.15, -0.1) is 0 Å². The van der Waals surface area contributed by atoms with Crippen molar-refractivity contribution in [1.82, 2.24) is 4.98 Å². The van der Waals surface area contributed by atoms with Crippen LogP contribution in [-0.4, -0.2) is 4.98 Å². The first kappa shape index (κ1) is 6.22. The Kier molecular flexibility index (Phi) is 1.79. The topological polar surface area (TPSA) is 48.1 Å². The minimum absolute atomic E-state index is 0.348. The summed E-state index contributed by atoms with van der Waals surface area (Å²) in [6.07, 6.45) is 1.59. The number of rotatable bonds is 1. The lowest BCUT2D eigenvalue weighted by molar-refractivity contribution is 0.631. The van der Waals surface area contributed by atoms with Crippen LogP contribution in [0.15, 0.2) is 18.3 Å². The number of aromatic nitrogens is 1. The molecule has 0 fully saturated rings. The van der Waals surface area contributed by atoms with E-state index in [0.717, 1.165) is 0 Å². The largest absolute Gasteiger partial charge is 0.407 e. The molecule has 0 radical (unpaired) electrons. The van der Waals surface area contributed by atoms with Gasteiger partial charge < -0.3 is 9.92 Å². The molecule has 1 aromatic rings. The Hall–Kier alpha value is -0.900. The molecule has 3 nitrogen and oxygen atoms in total. The maximum Gasteiger partial charge on any atom is 0.250 e. The van der Waals surface area contributed by atoms with Crippen molar-refractivity contribution in [3.8, 4) is 5.88 Å². The number of nitrogens with zero attached hydrogens (tertiary/aromatic N) is 1. The second-order valence-electron chi connectivity index (χ2n) is 1.49. The summed E-state index contributed by atoms with van der Waals surface area (Å²) in [7, 11) is 0. The van der Waals surface area contributed by atoms with Crippen LogP contribution in [0.1, 0.15) is 0 Å². The van der Waals surface area contributed by atoms with Gasteiger partial charge in [0.25, 0.3) is 5.88 Å². The summed E-state index contributed by atoms with van der Waals surface area (Å²) in [5.74, 6) is 0.348. The second kappa shape index (κ2) is 2.59. The highest BCUT2D eigenvalue weighted by Crippen LogP contribution is 2.16. The van der Waals surface area contributed by atoms with Crippen molar-refractivity contribution in [2.24, 2.45) is 0 Å². The van der Waals surface area contributed by atoms with Gasteiger partial charge in [-0.3, -0.25) is 0 Å². The highest BCUT2D eigenvalue weighted by Gasteiger charge is 1.94. The molecule has 1 aromatic heterocycles. The SMILES string of the molecule is Nc1cccnc1OS. The van der Waals surface area contributed by atoms with Gasteiger partial charge in [0.2, 0.25) is 0 Å². The highest BCUT2D eigenvalue weighted by molar-refractivity contribution is 7.75. The fraction of sp³-hybridized carbons (Fsp3) is 0. The van der Waals surface area contributed by atoms with Crippen molar-refractivity contribution in [3.05, 3.63) is 18.3 Å². The van der Waals surface area contributed by atoms with Crippen LogP contribution in [0.3, 0.4) is 0 Å². The minimum Gasteiger partial charge on any atom is -0.407 e. The lowest BCUT2D eigenvalue weighted by atomic mass is 10.4. The first-order valence-corrected chi connectivity index (χ1v) is 2.73. The van der Waals surface area contributed by atoms with Gasteiger partial charge in [-0.2, -0.15) is 0 Å². The van der Waals surface area contributed by atoms with Crippen molar-refractivity contribution in [2.45, 2.75) is 0 Å². The number of pyridine rings is 1. The first-order chi connectivity index (χ1) is 4.34. The smallest absolute Gasteiger partial charge is 0.250 e.